The highest BCUT2D eigenvalue weighted by Crippen LogP contribution is 2.16. The largest absolute Gasteiger partial charge is 0.482 e. The first-order valence-electron chi connectivity index (χ1n) is 8.18. The van der Waals surface area contributed by atoms with Crippen LogP contribution in [0.4, 0.5) is 13.2 Å². The van der Waals surface area contributed by atoms with E-state index in [2.05, 4.69) is 10.1 Å². The first kappa shape index (κ1) is 21.2. The van der Waals surface area contributed by atoms with Crippen molar-refractivity contribution in [2.75, 3.05) is 13.2 Å². The minimum atomic E-state index is -4.36. The van der Waals surface area contributed by atoms with Crippen molar-refractivity contribution >= 4 is 11.9 Å². The molecule has 2 rings (SSSR count). The zero-order valence-corrected chi connectivity index (χ0v) is 14.7. The van der Waals surface area contributed by atoms with E-state index in [0.717, 1.165) is 5.56 Å². The van der Waals surface area contributed by atoms with Gasteiger partial charge >= 0.3 is 12.1 Å². The molecule has 0 aliphatic heterocycles. The lowest BCUT2D eigenvalue weighted by Gasteiger charge is -2.09. The fraction of sp³-hybridized carbons (Fsp3) is 0.263. The van der Waals surface area contributed by atoms with Gasteiger partial charge in [0.15, 0.2) is 6.61 Å². The highest BCUT2D eigenvalue weighted by molar-refractivity contribution is 5.94. The standard InChI is InChI=1S/C19H18F3NO5/c20-19(21,22)12-27-10-14-6-4-13(5-7-14)9-23-18(26)15-2-1-3-16(8-15)28-11-17(24)25/h1-8H,9-12H2,(H,23,26)(H,24,25). The number of carbonyl (C=O) groups is 2. The fourth-order valence-corrected chi connectivity index (χ4v) is 2.19. The van der Waals surface area contributed by atoms with E-state index in [1.54, 1.807) is 42.5 Å². The van der Waals surface area contributed by atoms with Crippen LogP contribution >= 0.6 is 0 Å². The molecular formula is C19H18F3NO5. The zero-order chi connectivity index (χ0) is 20.6. The van der Waals surface area contributed by atoms with Crippen LogP contribution in [-0.4, -0.2) is 36.4 Å². The van der Waals surface area contributed by atoms with Gasteiger partial charge in [0.2, 0.25) is 0 Å². The summed E-state index contributed by atoms with van der Waals surface area (Å²) in [4.78, 5) is 22.7. The lowest BCUT2D eigenvalue weighted by atomic mass is 10.1. The maximum absolute atomic E-state index is 12.2. The monoisotopic (exact) mass is 397 g/mol. The van der Waals surface area contributed by atoms with Crippen molar-refractivity contribution in [3.63, 3.8) is 0 Å². The molecule has 0 unspecified atom stereocenters. The molecule has 0 radical (unpaired) electrons. The maximum atomic E-state index is 12.2. The molecule has 0 fully saturated rings. The van der Waals surface area contributed by atoms with Crippen LogP contribution in [0.15, 0.2) is 48.5 Å². The number of amides is 1. The number of carboxylic acids is 1. The van der Waals surface area contributed by atoms with E-state index < -0.39 is 25.4 Å². The number of carbonyl (C=O) groups excluding carboxylic acids is 1. The SMILES string of the molecule is O=C(O)COc1cccc(C(=O)NCc2ccc(COCC(F)(F)F)cc2)c1. The van der Waals surface area contributed by atoms with Gasteiger partial charge in [0.1, 0.15) is 12.4 Å². The number of benzene rings is 2. The van der Waals surface area contributed by atoms with E-state index in [0.29, 0.717) is 11.1 Å². The summed E-state index contributed by atoms with van der Waals surface area (Å²) in [6.07, 6.45) is -4.36. The van der Waals surface area contributed by atoms with Crippen molar-refractivity contribution in [3.8, 4) is 5.75 Å². The Bertz CT molecular complexity index is 806. The van der Waals surface area contributed by atoms with Gasteiger partial charge < -0.3 is 19.9 Å². The fourth-order valence-electron chi connectivity index (χ4n) is 2.19. The van der Waals surface area contributed by atoms with Crippen LogP contribution in [0.1, 0.15) is 21.5 Å². The molecule has 0 spiro atoms. The Kier molecular flexibility index (Phi) is 7.39. The van der Waals surface area contributed by atoms with E-state index in [1.165, 1.54) is 6.07 Å². The highest BCUT2D eigenvalue weighted by Gasteiger charge is 2.27. The van der Waals surface area contributed by atoms with Crippen molar-refractivity contribution in [1.82, 2.24) is 5.32 Å². The summed E-state index contributed by atoms with van der Waals surface area (Å²) < 4.78 is 45.7. The maximum Gasteiger partial charge on any atom is 0.411 e. The third-order valence-electron chi connectivity index (χ3n) is 3.47. The Morgan fingerprint density at radius 3 is 2.36 bits per heavy atom. The van der Waals surface area contributed by atoms with Gasteiger partial charge in [-0.05, 0) is 29.3 Å². The smallest absolute Gasteiger partial charge is 0.411 e. The number of aliphatic carboxylic acids is 1. The molecule has 2 N–H and O–H groups in total. The molecule has 1 amide bonds. The van der Waals surface area contributed by atoms with Crippen LogP contribution < -0.4 is 10.1 Å². The molecule has 6 nitrogen and oxygen atoms in total. The van der Waals surface area contributed by atoms with E-state index in [9.17, 15) is 22.8 Å². The lowest BCUT2D eigenvalue weighted by Crippen LogP contribution is -2.22. The Morgan fingerprint density at radius 2 is 1.71 bits per heavy atom. The number of carboxylic acid groups (broad SMARTS) is 1. The normalized spacial score (nSPS) is 11.1. The molecule has 0 bridgehead atoms. The number of ether oxygens (including phenoxy) is 2. The predicted molar refractivity (Wildman–Crippen MR) is 92.9 cm³/mol. The third kappa shape index (κ3) is 7.67. The van der Waals surface area contributed by atoms with Gasteiger partial charge in [-0.1, -0.05) is 30.3 Å². The number of alkyl halides is 3. The lowest BCUT2D eigenvalue weighted by molar-refractivity contribution is -0.176. The second kappa shape index (κ2) is 9.75. The molecular weight excluding hydrogens is 379 g/mol. The second-order valence-corrected chi connectivity index (χ2v) is 5.82. The van der Waals surface area contributed by atoms with Gasteiger partial charge in [-0.15, -0.1) is 0 Å². The molecule has 28 heavy (non-hydrogen) atoms. The van der Waals surface area contributed by atoms with Crippen LogP contribution in [0, 0.1) is 0 Å². The number of nitrogens with one attached hydrogen (secondary N) is 1. The Labute approximate surface area is 158 Å². The summed E-state index contributed by atoms with van der Waals surface area (Å²) in [5, 5.41) is 11.3. The topological polar surface area (TPSA) is 84.9 Å². The summed E-state index contributed by atoms with van der Waals surface area (Å²) in [6, 6.07) is 12.7. The summed E-state index contributed by atoms with van der Waals surface area (Å²) >= 11 is 0. The zero-order valence-electron chi connectivity index (χ0n) is 14.7. The average Bonchev–Trinajstić information content (AvgIpc) is 2.64. The molecule has 150 valence electrons. The predicted octanol–water partition coefficient (Wildman–Crippen LogP) is 3.16. The molecule has 0 aliphatic carbocycles. The van der Waals surface area contributed by atoms with Crippen LogP contribution in [0.2, 0.25) is 0 Å². The summed E-state index contributed by atoms with van der Waals surface area (Å²) in [6.45, 7) is -1.76. The van der Waals surface area contributed by atoms with E-state index in [1.807, 2.05) is 0 Å². The third-order valence-corrected chi connectivity index (χ3v) is 3.47. The minimum Gasteiger partial charge on any atom is -0.482 e. The highest BCUT2D eigenvalue weighted by atomic mass is 19.4. The average molecular weight is 397 g/mol. The first-order valence-corrected chi connectivity index (χ1v) is 8.18. The van der Waals surface area contributed by atoms with Crippen molar-refractivity contribution in [2.45, 2.75) is 19.3 Å². The van der Waals surface area contributed by atoms with Crippen LogP contribution in [0.3, 0.4) is 0 Å². The summed E-state index contributed by atoms with van der Waals surface area (Å²) in [7, 11) is 0. The van der Waals surface area contributed by atoms with Crippen molar-refractivity contribution in [1.29, 1.82) is 0 Å². The number of rotatable bonds is 9. The molecule has 0 atom stereocenters. The minimum absolute atomic E-state index is 0.157. The molecule has 0 heterocycles. The molecule has 0 saturated heterocycles. The Balaban J connectivity index is 1.84. The van der Waals surface area contributed by atoms with E-state index in [4.69, 9.17) is 9.84 Å². The van der Waals surface area contributed by atoms with E-state index >= 15 is 0 Å². The molecule has 9 heteroatoms. The van der Waals surface area contributed by atoms with Crippen LogP contribution in [0.25, 0.3) is 0 Å². The van der Waals surface area contributed by atoms with Crippen molar-refractivity contribution in [2.24, 2.45) is 0 Å². The van der Waals surface area contributed by atoms with Gasteiger partial charge in [0.05, 0.1) is 6.61 Å². The Morgan fingerprint density at radius 1 is 1.04 bits per heavy atom. The van der Waals surface area contributed by atoms with Gasteiger partial charge in [0, 0.05) is 12.1 Å². The summed E-state index contributed by atoms with van der Waals surface area (Å²) in [5.41, 5.74) is 1.65. The first-order chi connectivity index (χ1) is 13.2. The number of hydrogen-bond acceptors (Lipinski definition) is 4. The summed E-state index contributed by atoms with van der Waals surface area (Å²) in [5.74, 6) is -1.24. The number of hydrogen-bond donors (Lipinski definition) is 2. The molecule has 2 aromatic carbocycles. The van der Waals surface area contributed by atoms with Crippen LogP contribution in [0.5, 0.6) is 5.75 Å². The van der Waals surface area contributed by atoms with Crippen LogP contribution in [-0.2, 0) is 22.7 Å². The van der Waals surface area contributed by atoms with Gasteiger partial charge in [0.25, 0.3) is 5.91 Å². The van der Waals surface area contributed by atoms with Gasteiger partial charge in [-0.2, -0.15) is 13.2 Å². The quantitative estimate of drug-likeness (QED) is 0.679. The van der Waals surface area contributed by atoms with E-state index in [-0.39, 0.29) is 24.8 Å². The molecule has 0 aliphatic rings. The molecule has 0 saturated carbocycles. The van der Waals surface area contributed by atoms with Crippen molar-refractivity contribution < 1.29 is 37.3 Å². The molecule has 0 aromatic heterocycles. The van der Waals surface area contributed by atoms with Gasteiger partial charge in [-0.3, -0.25) is 4.79 Å². The van der Waals surface area contributed by atoms with Gasteiger partial charge in [-0.25, -0.2) is 4.79 Å². The molecule has 2 aromatic rings. The number of halogens is 3. The van der Waals surface area contributed by atoms with Crippen molar-refractivity contribution in [3.05, 3.63) is 65.2 Å². The second-order valence-electron chi connectivity index (χ2n) is 5.82. The Hall–Kier alpha value is -3.07.